The lowest BCUT2D eigenvalue weighted by Gasteiger charge is -2.11. The highest BCUT2D eigenvalue weighted by atomic mass is 16.5. The fourth-order valence-electron chi connectivity index (χ4n) is 3.57. The Kier molecular flexibility index (Phi) is 5.54. The second-order valence-electron chi connectivity index (χ2n) is 7.13. The first-order valence-corrected chi connectivity index (χ1v) is 9.75. The van der Waals surface area contributed by atoms with Crippen molar-refractivity contribution in [3.8, 4) is 17.2 Å². The van der Waals surface area contributed by atoms with Crippen LogP contribution in [0.15, 0.2) is 59.0 Å². The second-order valence-corrected chi connectivity index (χ2v) is 7.13. The van der Waals surface area contributed by atoms with Crippen molar-refractivity contribution in [1.82, 2.24) is 10.3 Å². The van der Waals surface area contributed by atoms with E-state index in [1.54, 1.807) is 0 Å². The second kappa shape index (κ2) is 8.40. The van der Waals surface area contributed by atoms with Gasteiger partial charge in [-0.25, -0.2) is 4.98 Å². The Labute approximate surface area is 160 Å². The molecule has 1 atom stereocenters. The molecular formula is C23H26N2O2. The third-order valence-electron chi connectivity index (χ3n) is 5.09. The average Bonchev–Trinajstić information content (AvgIpc) is 3.34. The number of nitrogens with one attached hydrogen (secondary N) is 1. The van der Waals surface area contributed by atoms with Gasteiger partial charge >= 0.3 is 0 Å². The molecule has 3 aromatic rings. The quantitative estimate of drug-likeness (QED) is 0.669. The third kappa shape index (κ3) is 4.58. The van der Waals surface area contributed by atoms with Gasteiger partial charge < -0.3 is 14.5 Å². The van der Waals surface area contributed by atoms with Crippen LogP contribution in [0.5, 0.6) is 5.75 Å². The largest absolute Gasteiger partial charge is 0.493 e. The molecule has 4 rings (SSSR count). The van der Waals surface area contributed by atoms with Crippen LogP contribution in [-0.4, -0.2) is 24.2 Å². The maximum absolute atomic E-state index is 5.91. The lowest BCUT2D eigenvalue weighted by atomic mass is 10.0. The normalized spacial score (nSPS) is 16.6. The summed E-state index contributed by atoms with van der Waals surface area (Å²) in [5, 5.41) is 3.54. The minimum absolute atomic E-state index is 0.588. The summed E-state index contributed by atoms with van der Waals surface area (Å²) in [5.41, 5.74) is 3.32. The van der Waals surface area contributed by atoms with E-state index in [0.717, 1.165) is 42.2 Å². The third-order valence-corrected chi connectivity index (χ3v) is 5.09. The molecule has 1 fully saturated rings. The zero-order valence-corrected chi connectivity index (χ0v) is 15.8. The Bertz CT molecular complexity index is 850. The predicted molar refractivity (Wildman–Crippen MR) is 107 cm³/mol. The monoisotopic (exact) mass is 362 g/mol. The molecule has 0 bridgehead atoms. The molecule has 2 aromatic carbocycles. The van der Waals surface area contributed by atoms with Gasteiger partial charge in [0.2, 0.25) is 5.89 Å². The van der Waals surface area contributed by atoms with Crippen molar-refractivity contribution in [2.45, 2.75) is 38.6 Å². The van der Waals surface area contributed by atoms with Gasteiger partial charge in [-0.05, 0) is 62.6 Å². The van der Waals surface area contributed by atoms with Crippen LogP contribution in [0.4, 0.5) is 0 Å². The minimum Gasteiger partial charge on any atom is -0.493 e. The van der Waals surface area contributed by atoms with Crippen LogP contribution in [0, 0.1) is 6.92 Å². The Morgan fingerprint density at radius 3 is 2.67 bits per heavy atom. The maximum Gasteiger partial charge on any atom is 0.226 e. The average molecular weight is 362 g/mol. The van der Waals surface area contributed by atoms with Crippen molar-refractivity contribution in [2.24, 2.45) is 0 Å². The predicted octanol–water partition coefficient (Wildman–Crippen LogP) is 4.57. The van der Waals surface area contributed by atoms with Crippen LogP contribution in [-0.2, 0) is 12.8 Å². The maximum atomic E-state index is 5.91. The van der Waals surface area contributed by atoms with E-state index >= 15 is 0 Å². The van der Waals surface area contributed by atoms with Crippen LogP contribution in [0.2, 0.25) is 0 Å². The molecule has 27 heavy (non-hydrogen) atoms. The first-order valence-electron chi connectivity index (χ1n) is 9.75. The molecule has 1 aliphatic heterocycles. The zero-order valence-electron chi connectivity index (χ0n) is 15.8. The summed E-state index contributed by atoms with van der Waals surface area (Å²) < 4.78 is 11.7. The highest BCUT2D eigenvalue weighted by Gasteiger charge is 2.14. The summed E-state index contributed by atoms with van der Waals surface area (Å²) in [5.74, 6) is 2.44. The van der Waals surface area contributed by atoms with E-state index < -0.39 is 0 Å². The summed E-state index contributed by atoms with van der Waals surface area (Å²) in [7, 11) is 0. The Balaban J connectivity index is 1.30. The fourth-order valence-corrected chi connectivity index (χ4v) is 3.57. The van der Waals surface area contributed by atoms with E-state index in [1.165, 1.54) is 18.4 Å². The molecule has 0 unspecified atom stereocenters. The molecule has 1 aromatic heterocycles. The van der Waals surface area contributed by atoms with E-state index in [1.807, 2.05) is 37.3 Å². The van der Waals surface area contributed by atoms with Crippen LogP contribution in [0.1, 0.15) is 29.9 Å². The van der Waals surface area contributed by atoms with Crippen molar-refractivity contribution in [3.05, 3.63) is 71.6 Å². The number of oxazole rings is 1. The number of benzene rings is 2. The van der Waals surface area contributed by atoms with E-state index in [9.17, 15) is 0 Å². The molecule has 2 heterocycles. The molecule has 140 valence electrons. The van der Waals surface area contributed by atoms with Gasteiger partial charge in [-0.3, -0.25) is 0 Å². The molecule has 0 saturated carbocycles. The van der Waals surface area contributed by atoms with Crippen molar-refractivity contribution in [2.75, 3.05) is 13.2 Å². The van der Waals surface area contributed by atoms with Crippen molar-refractivity contribution < 1.29 is 9.15 Å². The lowest BCUT2D eigenvalue weighted by Crippen LogP contribution is -2.23. The first kappa shape index (κ1) is 17.8. The van der Waals surface area contributed by atoms with E-state index in [0.29, 0.717) is 18.5 Å². The molecule has 0 aliphatic carbocycles. The number of nitrogens with zero attached hydrogens (tertiary/aromatic N) is 1. The Morgan fingerprint density at radius 2 is 1.93 bits per heavy atom. The highest BCUT2D eigenvalue weighted by Crippen LogP contribution is 2.22. The molecule has 0 radical (unpaired) electrons. The van der Waals surface area contributed by atoms with E-state index in [-0.39, 0.29) is 0 Å². The van der Waals surface area contributed by atoms with Crippen molar-refractivity contribution >= 4 is 0 Å². The molecule has 0 spiro atoms. The van der Waals surface area contributed by atoms with Gasteiger partial charge in [0, 0.05) is 18.0 Å². The molecule has 1 aliphatic rings. The summed E-state index contributed by atoms with van der Waals surface area (Å²) >= 11 is 0. The van der Waals surface area contributed by atoms with Gasteiger partial charge in [0.15, 0.2) is 0 Å². The summed E-state index contributed by atoms with van der Waals surface area (Å²) in [6, 6.07) is 19.1. The number of hydrogen-bond donors (Lipinski definition) is 1. The fraction of sp³-hybridized carbons (Fsp3) is 0.348. The number of aromatic nitrogens is 1. The van der Waals surface area contributed by atoms with Crippen molar-refractivity contribution in [3.63, 3.8) is 0 Å². The number of rotatable bonds is 7. The molecular weight excluding hydrogens is 336 g/mol. The topological polar surface area (TPSA) is 47.3 Å². The van der Waals surface area contributed by atoms with Gasteiger partial charge in [0.05, 0.1) is 12.3 Å². The number of hydrogen-bond acceptors (Lipinski definition) is 4. The number of ether oxygens (including phenoxy) is 1. The molecule has 0 amide bonds. The van der Waals surface area contributed by atoms with Gasteiger partial charge in [0.25, 0.3) is 0 Å². The molecule has 4 heteroatoms. The van der Waals surface area contributed by atoms with Gasteiger partial charge in [-0.15, -0.1) is 0 Å². The van der Waals surface area contributed by atoms with Gasteiger partial charge in [-0.1, -0.05) is 30.3 Å². The highest BCUT2D eigenvalue weighted by molar-refractivity contribution is 5.53. The molecule has 4 nitrogen and oxygen atoms in total. The van der Waals surface area contributed by atoms with Crippen molar-refractivity contribution in [1.29, 1.82) is 0 Å². The van der Waals surface area contributed by atoms with Gasteiger partial charge in [-0.2, -0.15) is 0 Å². The first-order chi connectivity index (χ1) is 13.3. The van der Waals surface area contributed by atoms with Gasteiger partial charge in [0.1, 0.15) is 11.5 Å². The Hall–Kier alpha value is -2.59. The summed E-state index contributed by atoms with van der Waals surface area (Å²) in [6.07, 6.45) is 4.40. The number of aryl methyl sites for hydroxylation is 1. The van der Waals surface area contributed by atoms with E-state index in [2.05, 4.69) is 34.6 Å². The molecule has 1 saturated heterocycles. The Morgan fingerprint density at radius 1 is 1.11 bits per heavy atom. The van der Waals surface area contributed by atoms with Crippen LogP contribution in [0.25, 0.3) is 11.5 Å². The summed E-state index contributed by atoms with van der Waals surface area (Å²) in [6.45, 7) is 3.70. The minimum atomic E-state index is 0.588. The standard InChI is InChI=1S/C23H26N2O2/c1-17-22(25-23(27-17)19-6-3-2-4-7-19)13-15-26-21-11-9-18(10-12-21)16-20-8-5-14-24-20/h2-4,6-7,9-12,20,24H,5,8,13-16H2,1H3/t20-/m1/s1. The lowest BCUT2D eigenvalue weighted by molar-refractivity contribution is 0.320. The van der Waals surface area contributed by atoms with E-state index in [4.69, 9.17) is 9.15 Å². The van der Waals surface area contributed by atoms with Crippen LogP contribution < -0.4 is 10.1 Å². The van der Waals surface area contributed by atoms with Crippen LogP contribution >= 0.6 is 0 Å². The zero-order chi connectivity index (χ0) is 18.5. The smallest absolute Gasteiger partial charge is 0.226 e. The SMILES string of the molecule is Cc1oc(-c2ccccc2)nc1CCOc1ccc(C[C@H]2CCCN2)cc1. The molecule has 1 N–H and O–H groups in total. The van der Waals surface area contributed by atoms with Crippen LogP contribution in [0.3, 0.4) is 0 Å². The summed E-state index contributed by atoms with van der Waals surface area (Å²) in [4.78, 5) is 4.63.